The summed E-state index contributed by atoms with van der Waals surface area (Å²) in [6, 6.07) is 4.06. The van der Waals surface area contributed by atoms with Crippen LogP contribution in [0.15, 0.2) is 18.7 Å². The highest BCUT2D eigenvalue weighted by atomic mass is 16.7. The molecule has 1 aromatic carbocycles. The quantitative estimate of drug-likeness (QED) is 0.913. The summed E-state index contributed by atoms with van der Waals surface area (Å²) in [6.07, 6.45) is 6.09. The topological polar surface area (TPSA) is 38.7 Å². The van der Waals surface area contributed by atoms with Crippen LogP contribution in [-0.2, 0) is 6.42 Å². The molecule has 108 valence electrons. The third-order valence-corrected chi connectivity index (χ3v) is 4.17. The predicted octanol–water partition coefficient (Wildman–Crippen LogP) is 3.69. The summed E-state index contributed by atoms with van der Waals surface area (Å²) in [5, 5.41) is 9.15. The summed E-state index contributed by atoms with van der Waals surface area (Å²) in [5.41, 5.74) is 3.05. The van der Waals surface area contributed by atoms with E-state index >= 15 is 0 Å². The van der Waals surface area contributed by atoms with E-state index in [1.807, 2.05) is 13.0 Å². The van der Waals surface area contributed by atoms with Crippen LogP contribution in [0.5, 0.6) is 11.5 Å². The fourth-order valence-corrected chi connectivity index (χ4v) is 3.13. The van der Waals surface area contributed by atoms with Gasteiger partial charge in [-0.15, -0.1) is 0 Å². The highest BCUT2D eigenvalue weighted by molar-refractivity contribution is 5.72. The molecule has 1 fully saturated rings. The smallest absolute Gasteiger partial charge is 0.251 e. The van der Waals surface area contributed by atoms with Crippen LogP contribution in [0.25, 0.3) is 5.57 Å². The molecule has 20 heavy (non-hydrogen) atoms. The third-order valence-electron chi connectivity index (χ3n) is 4.17. The van der Waals surface area contributed by atoms with Crippen LogP contribution in [0.1, 0.15) is 50.2 Å². The van der Waals surface area contributed by atoms with Crippen LogP contribution < -0.4 is 9.47 Å². The molecule has 3 heteroatoms. The maximum Gasteiger partial charge on any atom is 0.251 e. The van der Waals surface area contributed by atoms with Crippen molar-refractivity contribution in [3.8, 4) is 11.5 Å². The number of benzene rings is 1. The van der Waals surface area contributed by atoms with Crippen LogP contribution in [0.3, 0.4) is 0 Å². The summed E-state index contributed by atoms with van der Waals surface area (Å²) in [5.74, 6) is 1.19. The van der Waals surface area contributed by atoms with E-state index in [-0.39, 0.29) is 6.61 Å². The van der Waals surface area contributed by atoms with Gasteiger partial charge >= 0.3 is 0 Å². The Balaban J connectivity index is 1.98. The summed E-state index contributed by atoms with van der Waals surface area (Å²) < 4.78 is 12.4. The molecule has 1 heterocycles. The van der Waals surface area contributed by atoms with E-state index in [1.54, 1.807) is 0 Å². The van der Waals surface area contributed by atoms with Crippen molar-refractivity contribution >= 4 is 5.57 Å². The van der Waals surface area contributed by atoms with Crippen LogP contribution in [0.2, 0.25) is 0 Å². The van der Waals surface area contributed by atoms with E-state index in [0.29, 0.717) is 6.42 Å². The first-order valence-corrected chi connectivity index (χ1v) is 7.45. The van der Waals surface area contributed by atoms with Crippen molar-refractivity contribution in [2.24, 2.45) is 0 Å². The number of hydrogen-bond donors (Lipinski definition) is 1. The van der Waals surface area contributed by atoms with Gasteiger partial charge in [0.2, 0.25) is 0 Å². The lowest BCUT2D eigenvalue weighted by atomic mass is 9.94. The van der Waals surface area contributed by atoms with Gasteiger partial charge in [0.05, 0.1) is 0 Å². The monoisotopic (exact) mass is 274 g/mol. The lowest BCUT2D eigenvalue weighted by Crippen LogP contribution is -2.40. The number of aliphatic hydroxyl groups is 1. The van der Waals surface area contributed by atoms with Crippen molar-refractivity contribution in [1.82, 2.24) is 0 Å². The second-order valence-corrected chi connectivity index (χ2v) is 5.90. The standard InChI is InChI=1S/C17H22O3/c1-12(2)14-10-13(6-9-18)11-15-16(14)20-17(19-15)7-4-3-5-8-17/h10-11,18H,1,3-9H2,2H3. The first-order chi connectivity index (χ1) is 9.63. The van der Waals surface area contributed by atoms with E-state index in [1.165, 1.54) is 6.42 Å². The molecule has 2 aliphatic rings. The zero-order valence-electron chi connectivity index (χ0n) is 12.1. The Morgan fingerprint density at radius 1 is 1.25 bits per heavy atom. The number of rotatable bonds is 3. The second kappa shape index (κ2) is 5.13. The Hall–Kier alpha value is -1.48. The minimum absolute atomic E-state index is 0.139. The number of ether oxygens (including phenoxy) is 2. The van der Waals surface area contributed by atoms with E-state index in [2.05, 4.69) is 12.6 Å². The molecule has 1 aromatic rings. The summed E-state index contributed by atoms with van der Waals surface area (Å²) in [6.45, 7) is 6.16. The van der Waals surface area contributed by atoms with Gasteiger partial charge in [0.1, 0.15) is 0 Å². The molecule has 1 saturated carbocycles. The molecule has 3 nitrogen and oxygen atoms in total. The Morgan fingerprint density at radius 3 is 2.65 bits per heavy atom. The van der Waals surface area contributed by atoms with E-state index < -0.39 is 5.79 Å². The van der Waals surface area contributed by atoms with Gasteiger partial charge < -0.3 is 14.6 Å². The van der Waals surface area contributed by atoms with Gasteiger partial charge in [-0.2, -0.15) is 0 Å². The third kappa shape index (κ3) is 2.31. The molecular weight excluding hydrogens is 252 g/mol. The van der Waals surface area contributed by atoms with Crippen molar-refractivity contribution in [1.29, 1.82) is 0 Å². The van der Waals surface area contributed by atoms with E-state index in [4.69, 9.17) is 14.6 Å². The van der Waals surface area contributed by atoms with Crippen LogP contribution >= 0.6 is 0 Å². The van der Waals surface area contributed by atoms with Crippen LogP contribution in [0, 0.1) is 0 Å². The molecule has 0 aromatic heterocycles. The zero-order valence-corrected chi connectivity index (χ0v) is 12.1. The molecule has 0 unspecified atom stereocenters. The fraction of sp³-hybridized carbons (Fsp3) is 0.529. The number of fused-ring (bicyclic) bond motifs is 1. The second-order valence-electron chi connectivity index (χ2n) is 5.90. The molecule has 1 aliphatic heterocycles. The first kappa shape index (κ1) is 13.5. The Bertz CT molecular complexity index is 527. The highest BCUT2D eigenvalue weighted by Gasteiger charge is 2.43. The van der Waals surface area contributed by atoms with Crippen molar-refractivity contribution < 1.29 is 14.6 Å². The van der Waals surface area contributed by atoms with Gasteiger partial charge in [-0.25, -0.2) is 0 Å². The van der Waals surface area contributed by atoms with Gasteiger partial charge in [0.15, 0.2) is 11.5 Å². The Labute approximate surface area is 120 Å². The van der Waals surface area contributed by atoms with E-state index in [9.17, 15) is 0 Å². The van der Waals surface area contributed by atoms with Gasteiger partial charge in [-0.05, 0) is 49.5 Å². The molecule has 0 atom stereocenters. The van der Waals surface area contributed by atoms with Gasteiger partial charge in [0, 0.05) is 25.0 Å². The lowest BCUT2D eigenvalue weighted by molar-refractivity contribution is -0.105. The Kier molecular flexibility index (Phi) is 3.47. The Morgan fingerprint density at radius 2 is 2.00 bits per heavy atom. The van der Waals surface area contributed by atoms with E-state index in [0.717, 1.165) is 53.9 Å². The van der Waals surface area contributed by atoms with Gasteiger partial charge in [-0.3, -0.25) is 0 Å². The molecule has 0 saturated heterocycles. The fourth-order valence-electron chi connectivity index (χ4n) is 3.13. The molecular formula is C17H22O3. The molecule has 0 bridgehead atoms. The molecule has 1 N–H and O–H groups in total. The largest absolute Gasteiger partial charge is 0.448 e. The minimum atomic E-state index is -0.456. The molecule has 0 amide bonds. The number of hydrogen-bond acceptors (Lipinski definition) is 3. The van der Waals surface area contributed by atoms with Crippen LogP contribution in [-0.4, -0.2) is 17.5 Å². The van der Waals surface area contributed by atoms with Crippen LogP contribution in [0.4, 0.5) is 0 Å². The molecule has 1 spiro atoms. The normalized spacial score (nSPS) is 19.3. The van der Waals surface area contributed by atoms with Crippen molar-refractivity contribution in [2.45, 2.75) is 51.2 Å². The maximum absolute atomic E-state index is 9.15. The summed E-state index contributed by atoms with van der Waals surface area (Å²) >= 11 is 0. The average molecular weight is 274 g/mol. The lowest BCUT2D eigenvalue weighted by Gasteiger charge is -2.31. The molecule has 3 rings (SSSR count). The first-order valence-electron chi connectivity index (χ1n) is 7.45. The van der Waals surface area contributed by atoms with Gasteiger partial charge in [-0.1, -0.05) is 13.0 Å². The molecule has 0 radical (unpaired) electrons. The highest BCUT2D eigenvalue weighted by Crippen LogP contribution is 2.49. The average Bonchev–Trinajstić information content (AvgIpc) is 2.76. The summed E-state index contributed by atoms with van der Waals surface area (Å²) in [7, 11) is 0. The maximum atomic E-state index is 9.15. The zero-order chi connectivity index (χ0) is 14.2. The SMILES string of the molecule is C=C(C)c1cc(CCO)cc2c1OC1(CCCCC1)O2. The van der Waals surface area contributed by atoms with Gasteiger partial charge in [0.25, 0.3) is 5.79 Å². The number of allylic oxidation sites excluding steroid dienone is 1. The minimum Gasteiger partial charge on any atom is -0.448 e. The van der Waals surface area contributed by atoms with Crippen molar-refractivity contribution in [3.63, 3.8) is 0 Å². The number of aliphatic hydroxyl groups excluding tert-OH is 1. The van der Waals surface area contributed by atoms with Crippen molar-refractivity contribution in [3.05, 3.63) is 29.8 Å². The predicted molar refractivity (Wildman–Crippen MR) is 79.0 cm³/mol. The summed E-state index contributed by atoms with van der Waals surface area (Å²) in [4.78, 5) is 0. The van der Waals surface area contributed by atoms with Crippen molar-refractivity contribution in [2.75, 3.05) is 6.61 Å². The molecule has 1 aliphatic carbocycles.